The van der Waals surface area contributed by atoms with Gasteiger partial charge in [0.15, 0.2) is 5.75 Å². The Labute approximate surface area is 125 Å². The summed E-state index contributed by atoms with van der Waals surface area (Å²) in [6, 6.07) is 4.05. The number of aromatic nitrogens is 4. The second kappa shape index (κ2) is 7.17. The molecule has 0 fully saturated rings. The molecule has 2 heterocycles. The van der Waals surface area contributed by atoms with Gasteiger partial charge in [0.1, 0.15) is 0 Å². The van der Waals surface area contributed by atoms with E-state index in [9.17, 15) is 0 Å². The van der Waals surface area contributed by atoms with E-state index in [0.29, 0.717) is 23.6 Å². The summed E-state index contributed by atoms with van der Waals surface area (Å²) >= 11 is 0. The number of hydrogen-bond acceptors (Lipinski definition) is 5. The van der Waals surface area contributed by atoms with E-state index in [0.717, 1.165) is 18.8 Å². The monoisotopic (exact) mass is 289 g/mol. The van der Waals surface area contributed by atoms with Crippen molar-refractivity contribution in [3.63, 3.8) is 0 Å². The SMILES string of the molecule is CC(C)CNCc1ccc(Oc2cnn(C(C)C)c2)nn1. The third-order valence-corrected chi connectivity index (χ3v) is 2.88. The summed E-state index contributed by atoms with van der Waals surface area (Å²) in [6.07, 6.45) is 3.53. The van der Waals surface area contributed by atoms with Crippen LogP contribution in [-0.2, 0) is 6.54 Å². The molecule has 0 aliphatic heterocycles. The van der Waals surface area contributed by atoms with Crippen molar-refractivity contribution in [3.8, 4) is 11.6 Å². The van der Waals surface area contributed by atoms with Gasteiger partial charge in [0.2, 0.25) is 5.88 Å². The highest BCUT2D eigenvalue weighted by atomic mass is 16.5. The van der Waals surface area contributed by atoms with Crippen molar-refractivity contribution >= 4 is 0 Å². The van der Waals surface area contributed by atoms with Crippen LogP contribution < -0.4 is 10.1 Å². The lowest BCUT2D eigenvalue weighted by Gasteiger charge is -2.07. The first-order chi connectivity index (χ1) is 10.0. The molecule has 6 heteroatoms. The first-order valence-corrected chi connectivity index (χ1v) is 7.30. The van der Waals surface area contributed by atoms with Crippen LogP contribution in [0.5, 0.6) is 11.6 Å². The van der Waals surface area contributed by atoms with Gasteiger partial charge in [-0.2, -0.15) is 10.2 Å². The van der Waals surface area contributed by atoms with Crippen molar-refractivity contribution in [2.24, 2.45) is 5.92 Å². The van der Waals surface area contributed by atoms with E-state index in [4.69, 9.17) is 4.74 Å². The van der Waals surface area contributed by atoms with Crippen LogP contribution >= 0.6 is 0 Å². The Morgan fingerprint density at radius 1 is 1.19 bits per heavy atom. The van der Waals surface area contributed by atoms with Crippen LogP contribution in [0.15, 0.2) is 24.5 Å². The Bertz CT molecular complexity index is 547. The van der Waals surface area contributed by atoms with Crippen molar-refractivity contribution in [3.05, 3.63) is 30.2 Å². The van der Waals surface area contributed by atoms with E-state index >= 15 is 0 Å². The van der Waals surface area contributed by atoms with Crippen LogP contribution in [0.3, 0.4) is 0 Å². The van der Waals surface area contributed by atoms with Crippen LogP contribution in [0.1, 0.15) is 39.4 Å². The minimum absolute atomic E-state index is 0.308. The van der Waals surface area contributed by atoms with Gasteiger partial charge >= 0.3 is 0 Å². The predicted molar refractivity (Wildman–Crippen MR) is 81.3 cm³/mol. The third kappa shape index (κ3) is 4.82. The van der Waals surface area contributed by atoms with Crippen LogP contribution in [0.25, 0.3) is 0 Å². The van der Waals surface area contributed by atoms with E-state index in [1.807, 2.05) is 23.0 Å². The highest BCUT2D eigenvalue weighted by Gasteiger charge is 2.05. The quantitative estimate of drug-likeness (QED) is 0.849. The molecule has 6 nitrogen and oxygen atoms in total. The predicted octanol–water partition coefficient (Wildman–Crippen LogP) is 2.79. The second-order valence-corrected chi connectivity index (χ2v) is 5.74. The summed E-state index contributed by atoms with van der Waals surface area (Å²) in [7, 11) is 0. The zero-order chi connectivity index (χ0) is 15.2. The maximum absolute atomic E-state index is 5.63. The molecule has 0 atom stereocenters. The fourth-order valence-electron chi connectivity index (χ4n) is 1.76. The van der Waals surface area contributed by atoms with Gasteiger partial charge in [-0.05, 0) is 32.4 Å². The highest BCUT2D eigenvalue weighted by molar-refractivity contribution is 5.21. The standard InChI is InChI=1S/C15H23N5O/c1-11(2)7-16-8-13-5-6-15(19-18-13)21-14-9-17-20(10-14)12(3)4/h5-6,9-12,16H,7-8H2,1-4H3. The molecule has 0 amide bonds. The fraction of sp³-hybridized carbons (Fsp3) is 0.533. The van der Waals surface area contributed by atoms with Crippen molar-refractivity contribution in [2.75, 3.05) is 6.54 Å². The molecule has 2 aromatic rings. The molecule has 0 spiro atoms. The fourth-order valence-corrected chi connectivity index (χ4v) is 1.76. The molecule has 2 aromatic heterocycles. The average Bonchev–Trinajstić information content (AvgIpc) is 2.89. The Hall–Kier alpha value is -1.95. The maximum atomic E-state index is 5.63. The first-order valence-electron chi connectivity index (χ1n) is 7.30. The Kier molecular flexibility index (Phi) is 5.27. The zero-order valence-electron chi connectivity index (χ0n) is 13.1. The lowest BCUT2D eigenvalue weighted by atomic mass is 10.2. The summed E-state index contributed by atoms with van der Waals surface area (Å²) in [5, 5.41) is 15.8. The summed E-state index contributed by atoms with van der Waals surface area (Å²) in [6.45, 7) is 10.2. The van der Waals surface area contributed by atoms with Crippen molar-refractivity contribution in [2.45, 2.75) is 40.3 Å². The zero-order valence-corrected chi connectivity index (χ0v) is 13.1. The number of nitrogens with one attached hydrogen (secondary N) is 1. The minimum atomic E-state index is 0.308. The molecule has 0 saturated carbocycles. The smallest absolute Gasteiger partial charge is 0.239 e. The summed E-state index contributed by atoms with van der Waals surface area (Å²) in [5.41, 5.74) is 0.904. The van der Waals surface area contributed by atoms with E-state index in [2.05, 4.69) is 48.3 Å². The molecule has 0 bridgehead atoms. The van der Waals surface area contributed by atoms with Crippen molar-refractivity contribution in [1.82, 2.24) is 25.3 Å². The lowest BCUT2D eigenvalue weighted by Crippen LogP contribution is -2.19. The molecule has 0 saturated heterocycles. The molecular formula is C15H23N5O. The van der Waals surface area contributed by atoms with Crippen molar-refractivity contribution in [1.29, 1.82) is 0 Å². The van der Waals surface area contributed by atoms with Gasteiger partial charge in [0.25, 0.3) is 0 Å². The lowest BCUT2D eigenvalue weighted by molar-refractivity contribution is 0.449. The molecule has 0 aromatic carbocycles. The molecule has 0 aliphatic carbocycles. The van der Waals surface area contributed by atoms with Crippen molar-refractivity contribution < 1.29 is 4.74 Å². The van der Waals surface area contributed by atoms with Gasteiger partial charge in [0, 0.05) is 18.7 Å². The topological polar surface area (TPSA) is 64.9 Å². The molecular weight excluding hydrogens is 266 g/mol. The molecule has 0 unspecified atom stereocenters. The van der Waals surface area contributed by atoms with Crippen LogP contribution in [0.4, 0.5) is 0 Å². The Balaban J connectivity index is 1.89. The first kappa shape index (κ1) is 15.4. The largest absolute Gasteiger partial charge is 0.434 e. The van der Waals surface area contributed by atoms with Crippen LogP contribution in [0.2, 0.25) is 0 Å². The molecule has 2 rings (SSSR count). The number of ether oxygens (including phenoxy) is 1. The van der Waals surface area contributed by atoms with Crippen LogP contribution in [0, 0.1) is 5.92 Å². The molecule has 21 heavy (non-hydrogen) atoms. The summed E-state index contributed by atoms with van der Waals surface area (Å²) in [5.74, 6) is 1.77. The van der Waals surface area contributed by atoms with Gasteiger partial charge in [-0.25, -0.2) is 0 Å². The molecule has 1 N–H and O–H groups in total. The Morgan fingerprint density at radius 2 is 2.00 bits per heavy atom. The van der Waals surface area contributed by atoms with E-state index in [-0.39, 0.29) is 0 Å². The highest BCUT2D eigenvalue weighted by Crippen LogP contribution is 2.19. The van der Waals surface area contributed by atoms with E-state index < -0.39 is 0 Å². The molecule has 0 radical (unpaired) electrons. The number of hydrogen-bond donors (Lipinski definition) is 1. The van der Waals surface area contributed by atoms with Gasteiger partial charge in [0.05, 0.1) is 18.1 Å². The van der Waals surface area contributed by atoms with Crippen LogP contribution in [-0.4, -0.2) is 26.5 Å². The van der Waals surface area contributed by atoms with Gasteiger partial charge in [-0.15, -0.1) is 5.10 Å². The number of rotatable bonds is 7. The van der Waals surface area contributed by atoms with E-state index in [1.165, 1.54) is 0 Å². The minimum Gasteiger partial charge on any atom is -0.434 e. The average molecular weight is 289 g/mol. The maximum Gasteiger partial charge on any atom is 0.239 e. The summed E-state index contributed by atoms with van der Waals surface area (Å²) < 4.78 is 7.47. The van der Waals surface area contributed by atoms with Gasteiger partial charge in [-0.1, -0.05) is 13.8 Å². The van der Waals surface area contributed by atoms with E-state index in [1.54, 1.807) is 6.20 Å². The van der Waals surface area contributed by atoms with Gasteiger partial charge < -0.3 is 10.1 Å². The summed E-state index contributed by atoms with van der Waals surface area (Å²) in [4.78, 5) is 0. The molecule has 0 aliphatic rings. The molecule has 114 valence electrons. The second-order valence-electron chi connectivity index (χ2n) is 5.74. The number of nitrogens with zero attached hydrogens (tertiary/aromatic N) is 4. The normalized spacial score (nSPS) is 11.3. The Morgan fingerprint density at radius 3 is 2.57 bits per heavy atom. The van der Waals surface area contributed by atoms with Gasteiger partial charge in [-0.3, -0.25) is 4.68 Å². The third-order valence-electron chi connectivity index (χ3n) is 2.88.